The molecule has 2 heterocycles. The average Bonchev–Trinajstić information content (AvgIpc) is 3.38. The molecule has 6 aliphatic rings. The normalized spacial score (nSPS) is 37.4. The number of rotatable bonds is 8. The van der Waals surface area contributed by atoms with Crippen molar-refractivity contribution in [1.82, 2.24) is 5.32 Å². The quantitative estimate of drug-likeness (QED) is 0.137. The van der Waals surface area contributed by atoms with Crippen LogP contribution in [-0.2, 0) is 14.3 Å². The molecule has 1 aromatic rings. The number of quaternary nitrogens is 1. The molecule has 6 nitrogen and oxygen atoms in total. The minimum atomic E-state index is -4.92. The van der Waals surface area contributed by atoms with E-state index in [2.05, 4.69) is 18.0 Å². The van der Waals surface area contributed by atoms with E-state index in [1.54, 1.807) is 18.2 Å². The number of amides is 1. The van der Waals surface area contributed by atoms with E-state index >= 15 is 0 Å². The number of halogens is 3. The molecule has 1 amide bonds. The number of benzene rings is 1. The van der Waals surface area contributed by atoms with Crippen LogP contribution < -0.4 is 5.32 Å². The number of methoxy groups -OCH3 is 1. The Kier molecular flexibility index (Phi) is 8.04. The van der Waals surface area contributed by atoms with E-state index in [-0.39, 0.29) is 22.8 Å². The van der Waals surface area contributed by atoms with Crippen LogP contribution in [0.1, 0.15) is 69.8 Å². The molecule has 2 bridgehead atoms. The molecule has 3 unspecified atom stereocenters. The molecule has 4 fully saturated rings. The summed E-state index contributed by atoms with van der Waals surface area (Å²) in [5.41, 5.74) is -1.45. The first-order valence-corrected chi connectivity index (χ1v) is 17.1. The maximum Gasteiger partial charge on any atom is 0.421 e. The lowest BCUT2D eigenvalue weighted by atomic mass is 9.49. The fraction of sp³-hybridized carbons (Fsp3) is 0.595. The number of hydrogen-bond donors (Lipinski definition) is 2. The van der Waals surface area contributed by atoms with Crippen molar-refractivity contribution in [3.8, 4) is 0 Å². The number of nitrogens with one attached hydrogen (secondary N) is 1. The van der Waals surface area contributed by atoms with Crippen LogP contribution >= 0.6 is 0 Å². The predicted molar refractivity (Wildman–Crippen MR) is 169 cm³/mol. The van der Waals surface area contributed by atoms with Crippen molar-refractivity contribution in [2.24, 2.45) is 17.3 Å². The Bertz CT molecular complexity index is 1460. The molecule has 2 aliphatic heterocycles. The van der Waals surface area contributed by atoms with Gasteiger partial charge in [0.2, 0.25) is 0 Å². The summed E-state index contributed by atoms with van der Waals surface area (Å²) in [4.78, 5) is 13.6. The highest BCUT2D eigenvalue weighted by Gasteiger charge is 2.72. The zero-order valence-corrected chi connectivity index (χ0v) is 26.7. The van der Waals surface area contributed by atoms with E-state index in [0.717, 1.165) is 67.0 Å². The van der Waals surface area contributed by atoms with Crippen molar-refractivity contribution in [3.05, 3.63) is 77.1 Å². The molecule has 1 aromatic carbocycles. The Morgan fingerprint density at radius 2 is 1.91 bits per heavy atom. The van der Waals surface area contributed by atoms with Gasteiger partial charge in [0.25, 0.3) is 5.91 Å². The molecule has 7 atom stereocenters. The lowest BCUT2D eigenvalue weighted by Crippen LogP contribution is -2.71. The lowest BCUT2D eigenvalue weighted by Gasteiger charge is -2.63. The maximum atomic E-state index is 14.3. The van der Waals surface area contributed by atoms with Crippen molar-refractivity contribution >= 4 is 12.0 Å². The number of aliphatic hydroxyl groups excluding tert-OH is 1. The van der Waals surface area contributed by atoms with Crippen LogP contribution in [0.3, 0.4) is 0 Å². The van der Waals surface area contributed by atoms with Gasteiger partial charge in [-0.1, -0.05) is 62.6 Å². The van der Waals surface area contributed by atoms with Gasteiger partial charge in [-0.25, -0.2) is 0 Å². The average molecular weight is 640 g/mol. The first kappa shape index (κ1) is 31.7. The topological polar surface area (TPSA) is 67.8 Å². The predicted octanol–water partition coefficient (Wildman–Crippen LogP) is 7.16. The van der Waals surface area contributed by atoms with Crippen LogP contribution in [0.4, 0.5) is 13.2 Å². The molecule has 1 spiro atoms. The van der Waals surface area contributed by atoms with E-state index in [1.165, 1.54) is 57.4 Å². The summed E-state index contributed by atoms with van der Waals surface area (Å²) in [7, 11) is 1.35. The van der Waals surface area contributed by atoms with Gasteiger partial charge < -0.3 is 24.4 Å². The summed E-state index contributed by atoms with van der Waals surface area (Å²) in [6.07, 6.45) is 9.24. The molecule has 7 rings (SSSR count). The Hall–Kier alpha value is -2.88. The summed E-state index contributed by atoms with van der Waals surface area (Å²) >= 11 is 0. The minimum absolute atomic E-state index is 0.0251. The number of carbonyl (C=O) groups excluding carboxylic acids is 1. The molecule has 4 aliphatic carbocycles. The first-order chi connectivity index (χ1) is 22.1. The molecular weight excluding hydrogens is 593 g/mol. The van der Waals surface area contributed by atoms with E-state index in [4.69, 9.17) is 9.47 Å². The second kappa shape index (κ2) is 11.7. The lowest BCUT2D eigenvalue weighted by molar-refractivity contribution is -0.961. The monoisotopic (exact) mass is 639 g/mol. The Balaban J connectivity index is 1.27. The second-order valence-corrected chi connectivity index (χ2v) is 14.5. The minimum Gasteiger partial charge on any atom is -0.508 e. The number of aliphatic hydroxyl groups is 1. The van der Waals surface area contributed by atoms with E-state index < -0.39 is 29.5 Å². The van der Waals surface area contributed by atoms with E-state index in [0.29, 0.717) is 24.3 Å². The number of allylic oxidation sites excluding steroid dienone is 1. The number of nitrogens with zero attached hydrogens (tertiary/aromatic N) is 1. The summed E-state index contributed by atoms with van der Waals surface area (Å²) in [5, 5.41) is 14.3. The van der Waals surface area contributed by atoms with Gasteiger partial charge in [-0.2, -0.15) is 13.2 Å². The van der Waals surface area contributed by atoms with Gasteiger partial charge in [-0.05, 0) is 49.0 Å². The van der Waals surface area contributed by atoms with Crippen LogP contribution in [0.2, 0.25) is 0 Å². The molecule has 2 N–H and O–H groups in total. The van der Waals surface area contributed by atoms with Crippen LogP contribution in [0, 0.1) is 17.3 Å². The van der Waals surface area contributed by atoms with Crippen molar-refractivity contribution in [1.29, 1.82) is 0 Å². The van der Waals surface area contributed by atoms with Crippen molar-refractivity contribution < 1.29 is 37.0 Å². The summed E-state index contributed by atoms with van der Waals surface area (Å²) < 4.78 is 56.8. The van der Waals surface area contributed by atoms with Crippen LogP contribution in [0.5, 0.6) is 0 Å². The molecule has 248 valence electrons. The van der Waals surface area contributed by atoms with Gasteiger partial charge >= 0.3 is 6.18 Å². The smallest absolute Gasteiger partial charge is 0.421 e. The molecule has 46 heavy (non-hydrogen) atoms. The molecule has 2 saturated heterocycles. The maximum absolute atomic E-state index is 14.3. The number of alkyl halides is 3. The van der Waals surface area contributed by atoms with Crippen molar-refractivity contribution in [3.63, 3.8) is 0 Å². The zero-order valence-electron chi connectivity index (χ0n) is 26.7. The molecule has 9 heteroatoms. The van der Waals surface area contributed by atoms with Gasteiger partial charge in [0.1, 0.15) is 17.4 Å². The largest absolute Gasteiger partial charge is 0.508 e. The van der Waals surface area contributed by atoms with Gasteiger partial charge in [0.15, 0.2) is 5.72 Å². The van der Waals surface area contributed by atoms with Crippen LogP contribution in [-0.4, -0.2) is 72.4 Å². The van der Waals surface area contributed by atoms with E-state index in [9.17, 15) is 23.1 Å². The number of likely N-dealkylation sites (tertiary alicyclic amines) is 1. The Morgan fingerprint density at radius 3 is 2.61 bits per heavy atom. The number of piperidine rings is 1. The molecule has 0 aromatic heterocycles. The molecule has 2 saturated carbocycles. The van der Waals surface area contributed by atoms with Gasteiger partial charge in [-0.15, -0.1) is 0 Å². The summed E-state index contributed by atoms with van der Waals surface area (Å²) in [6, 6.07) is 8.26. The number of hydrogen-bond acceptors (Lipinski definition) is 4. The fourth-order valence-electron chi connectivity index (χ4n) is 10.5. The highest BCUT2D eigenvalue weighted by molar-refractivity contribution is 5.99. The Labute approximate surface area is 269 Å². The molecule has 0 radical (unpaired) electrons. The standard InChI is InChI=1S/C37H45F3N2O4/c1-3-18-42(23-25-13-8-5-9-14-25)19-17-35-27-15-10-16-31(35)46-33-32(35)26(21-29(27)42)30(43)22-36(33,45-2)41-34(44)28(37(38,39)40)20-24-11-6-4-7-12-24/h3-4,6-7,11-12,20,22,25,27,29,31,33H,1,5,8-10,13-19,21,23H2,2H3,(H-,41,43,44)/p+1/t27-,29+,31-,33?,35+,36?,42?/m0/s1. The highest BCUT2D eigenvalue weighted by atomic mass is 19.4. The number of carbonyl (C=O) groups is 1. The summed E-state index contributed by atoms with van der Waals surface area (Å²) in [5.74, 6) is -0.357. The fourth-order valence-corrected chi connectivity index (χ4v) is 10.5. The van der Waals surface area contributed by atoms with Crippen LogP contribution in [0.15, 0.2) is 71.5 Å². The second-order valence-electron chi connectivity index (χ2n) is 14.5. The van der Waals surface area contributed by atoms with Gasteiger partial charge in [0, 0.05) is 48.9 Å². The highest BCUT2D eigenvalue weighted by Crippen LogP contribution is 2.68. The van der Waals surface area contributed by atoms with Crippen LogP contribution in [0.25, 0.3) is 6.08 Å². The van der Waals surface area contributed by atoms with E-state index in [1.807, 2.05) is 0 Å². The third kappa shape index (κ3) is 4.91. The molecular formula is C37H46F3N2O4+. The zero-order chi connectivity index (χ0) is 32.3. The summed E-state index contributed by atoms with van der Waals surface area (Å²) in [6.45, 7) is 7.17. The van der Waals surface area contributed by atoms with Crippen molar-refractivity contribution in [2.45, 2.75) is 94.4 Å². The first-order valence-electron chi connectivity index (χ1n) is 17.1. The Morgan fingerprint density at radius 1 is 1.15 bits per heavy atom. The number of ether oxygens (including phenoxy) is 2. The SMILES string of the molecule is C=CC[N+]1(CC2CCCCC2)CC[C@@]23C4=C5C[C@@H]1[C@@H]2CCC[C@@H]3OC4C(NC(=O)C(=Cc1ccccc1)C(F)(F)F)(OC)C=C5O. The van der Waals surface area contributed by atoms with Crippen molar-refractivity contribution in [2.75, 3.05) is 26.7 Å². The van der Waals surface area contributed by atoms with Gasteiger partial charge in [-0.3, -0.25) is 4.79 Å². The van der Waals surface area contributed by atoms with Gasteiger partial charge in [0.05, 0.1) is 31.8 Å². The third-order valence-corrected chi connectivity index (χ3v) is 12.4. The third-order valence-electron chi connectivity index (χ3n) is 12.4.